The van der Waals surface area contributed by atoms with Crippen LogP contribution in [0.4, 0.5) is 5.69 Å². The summed E-state index contributed by atoms with van der Waals surface area (Å²) in [6, 6.07) is 6.59. The van der Waals surface area contributed by atoms with Crippen molar-refractivity contribution < 1.29 is 23.9 Å². The normalized spacial score (nSPS) is 14.3. The molecule has 0 spiro atoms. The summed E-state index contributed by atoms with van der Waals surface area (Å²) in [5.74, 6) is -1.32. The molecule has 136 valence electrons. The summed E-state index contributed by atoms with van der Waals surface area (Å²) in [6.07, 6.45) is 1.50. The van der Waals surface area contributed by atoms with Crippen molar-refractivity contribution >= 4 is 23.5 Å². The van der Waals surface area contributed by atoms with E-state index < -0.39 is 11.9 Å². The molecular formula is C19H20N2O5. The number of hydrogen-bond acceptors (Lipinski definition) is 4. The van der Waals surface area contributed by atoms with Crippen molar-refractivity contribution in [2.45, 2.75) is 39.2 Å². The summed E-state index contributed by atoms with van der Waals surface area (Å²) in [4.78, 5) is 35.0. The third-order valence-electron chi connectivity index (χ3n) is 4.46. The highest BCUT2D eigenvalue weighted by Crippen LogP contribution is 2.26. The first-order valence-electron chi connectivity index (χ1n) is 8.48. The molecule has 3 rings (SSSR count). The van der Waals surface area contributed by atoms with Crippen LogP contribution in [0.5, 0.6) is 0 Å². The minimum absolute atomic E-state index is 0.00498. The van der Waals surface area contributed by atoms with Gasteiger partial charge in [0.15, 0.2) is 5.76 Å². The van der Waals surface area contributed by atoms with Gasteiger partial charge in [-0.05, 0) is 30.5 Å². The van der Waals surface area contributed by atoms with Crippen molar-refractivity contribution in [2.24, 2.45) is 0 Å². The fourth-order valence-electron chi connectivity index (χ4n) is 3.01. The van der Waals surface area contributed by atoms with Crippen molar-refractivity contribution in [3.8, 4) is 0 Å². The molecule has 1 aromatic heterocycles. The molecule has 1 atom stereocenters. The standard InChI is InChI=1S/C19H20N2O5/c1-3-15-13(19(24)25)9-16(26-15)18(23)20-10(2)11-4-6-14-12(8-11)5-7-17(22)21-14/h4,6,8-10H,3,5,7H2,1-2H3,(H,20,23)(H,21,22)(H,24,25). The Bertz CT molecular complexity index is 884. The van der Waals surface area contributed by atoms with Crippen LogP contribution >= 0.6 is 0 Å². The Morgan fingerprint density at radius 2 is 2.08 bits per heavy atom. The van der Waals surface area contributed by atoms with Gasteiger partial charge in [-0.1, -0.05) is 19.1 Å². The molecule has 3 N–H and O–H groups in total. The molecule has 26 heavy (non-hydrogen) atoms. The van der Waals surface area contributed by atoms with Crippen LogP contribution in [0.25, 0.3) is 0 Å². The molecule has 0 radical (unpaired) electrons. The van der Waals surface area contributed by atoms with E-state index in [2.05, 4.69) is 10.6 Å². The number of carboxylic acid groups (broad SMARTS) is 1. The fourth-order valence-corrected chi connectivity index (χ4v) is 3.01. The lowest BCUT2D eigenvalue weighted by Crippen LogP contribution is -2.26. The van der Waals surface area contributed by atoms with E-state index in [1.807, 2.05) is 25.1 Å². The van der Waals surface area contributed by atoms with Crippen LogP contribution in [0.2, 0.25) is 0 Å². The molecule has 0 saturated carbocycles. The second-order valence-electron chi connectivity index (χ2n) is 6.27. The molecule has 1 aliphatic rings. The molecule has 2 heterocycles. The molecule has 7 heteroatoms. The third-order valence-corrected chi connectivity index (χ3v) is 4.46. The average molecular weight is 356 g/mol. The number of benzene rings is 1. The second-order valence-corrected chi connectivity index (χ2v) is 6.27. The molecule has 1 aromatic carbocycles. The molecule has 2 amide bonds. The molecule has 7 nitrogen and oxygen atoms in total. The van der Waals surface area contributed by atoms with Crippen LogP contribution in [-0.4, -0.2) is 22.9 Å². The van der Waals surface area contributed by atoms with Gasteiger partial charge < -0.3 is 20.2 Å². The number of amides is 2. The van der Waals surface area contributed by atoms with E-state index in [0.717, 1.165) is 16.8 Å². The topological polar surface area (TPSA) is 109 Å². The zero-order chi connectivity index (χ0) is 18.8. The minimum Gasteiger partial charge on any atom is -0.478 e. The van der Waals surface area contributed by atoms with Gasteiger partial charge >= 0.3 is 5.97 Å². The summed E-state index contributed by atoms with van der Waals surface area (Å²) in [6.45, 7) is 3.60. The largest absolute Gasteiger partial charge is 0.478 e. The summed E-state index contributed by atoms with van der Waals surface area (Å²) in [7, 11) is 0. The second kappa shape index (κ2) is 7.03. The Morgan fingerprint density at radius 3 is 2.73 bits per heavy atom. The van der Waals surface area contributed by atoms with Crippen molar-refractivity contribution in [1.29, 1.82) is 0 Å². The third kappa shape index (κ3) is 3.46. The number of carboxylic acids is 1. The quantitative estimate of drug-likeness (QED) is 0.763. The molecule has 0 saturated heterocycles. The highest BCUT2D eigenvalue weighted by molar-refractivity contribution is 5.96. The van der Waals surface area contributed by atoms with Crippen LogP contribution in [0.3, 0.4) is 0 Å². The Kier molecular flexibility index (Phi) is 4.79. The maximum atomic E-state index is 12.4. The predicted octanol–water partition coefficient (Wildman–Crippen LogP) is 2.92. The Balaban J connectivity index is 1.75. The van der Waals surface area contributed by atoms with E-state index in [0.29, 0.717) is 19.3 Å². The molecule has 0 fully saturated rings. The van der Waals surface area contributed by atoms with Crippen LogP contribution < -0.4 is 10.6 Å². The van der Waals surface area contributed by atoms with E-state index in [-0.39, 0.29) is 29.0 Å². The van der Waals surface area contributed by atoms with Gasteiger partial charge in [0.05, 0.1) is 6.04 Å². The van der Waals surface area contributed by atoms with Gasteiger partial charge in [-0.2, -0.15) is 0 Å². The van der Waals surface area contributed by atoms with Crippen LogP contribution in [-0.2, 0) is 17.6 Å². The lowest BCUT2D eigenvalue weighted by Gasteiger charge is -2.20. The Morgan fingerprint density at radius 1 is 1.31 bits per heavy atom. The van der Waals surface area contributed by atoms with Gasteiger partial charge in [0.25, 0.3) is 5.91 Å². The van der Waals surface area contributed by atoms with Crippen molar-refractivity contribution in [1.82, 2.24) is 5.32 Å². The number of fused-ring (bicyclic) bond motifs is 1. The summed E-state index contributed by atoms with van der Waals surface area (Å²) < 4.78 is 5.39. The smallest absolute Gasteiger partial charge is 0.339 e. The van der Waals surface area contributed by atoms with Gasteiger partial charge in [0.1, 0.15) is 11.3 Å². The van der Waals surface area contributed by atoms with Crippen molar-refractivity contribution in [3.05, 3.63) is 52.5 Å². The van der Waals surface area contributed by atoms with Crippen molar-refractivity contribution in [2.75, 3.05) is 5.32 Å². The monoisotopic (exact) mass is 356 g/mol. The number of anilines is 1. The van der Waals surface area contributed by atoms with Gasteiger partial charge in [-0.15, -0.1) is 0 Å². The lowest BCUT2D eigenvalue weighted by atomic mass is 9.98. The van der Waals surface area contributed by atoms with Crippen LogP contribution in [0, 0.1) is 0 Å². The zero-order valence-electron chi connectivity index (χ0n) is 14.6. The Hall–Kier alpha value is -3.09. The number of rotatable bonds is 5. The van der Waals surface area contributed by atoms with E-state index in [1.165, 1.54) is 6.07 Å². The van der Waals surface area contributed by atoms with Crippen LogP contribution in [0.1, 0.15) is 64.1 Å². The van der Waals surface area contributed by atoms with Gasteiger partial charge in [-0.25, -0.2) is 4.79 Å². The van der Waals surface area contributed by atoms with Crippen molar-refractivity contribution in [3.63, 3.8) is 0 Å². The Labute approximate surface area is 150 Å². The SMILES string of the molecule is CCc1oc(C(=O)NC(C)c2ccc3c(c2)CCC(=O)N3)cc1C(=O)O. The summed E-state index contributed by atoms with van der Waals surface area (Å²) in [5, 5.41) is 14.8. The predicted molar refractivity (Wildman–Crippen MR) is 94.3 cm³/mol. The van der Waals surface area contributed by atoms with Gasteiger partial charge in [-0.3, -0.25) is 9.59 Å². The first-order valence-corrected chi connectivity index (χ1v) is 8.48. The number of furan rings is 1. The van der Waals surface area contributed by atoms with Gasteiger partial charge in [0, 0.05) is 24.6 Å². The summed E-state index contributed by atoms with van der Waals surface area (Å²) >= 11 is 0. The first-order chi connectivity index (χ1) is 12.4. The van der Waals surface area contributed by atoms with E-state index in [9.17, 15) is 14.4 Å². The minimum atomic E-state index is -1.12. The van der Waals surface area contributed by atoms with Crippen LogP contribution in [0.15, 0.2) is 28.7 Å². The van der Waals surface area contributed by atoms with E-state index in [1.54, 1.807) is 6.92 Å². The molecule has 2 aromatic rings. The molecular weight excluding hydrogens is 336 g/mol. The zero-order valence-corrected chi connectivity index (χ0v) is 14.6. The van der Waals surface area contributed by atoms with E-state index >= 15 is 0 Å². The maximum absolute atomic E-state index is 12.4. The highest BCUT2D eigenvalue weighted by atomic mass is 16.4. The molecule has 1 aliphatic heterocycles. The molecule has 0 aliphatic carbocycles. The number of carbonyl (C=O) groups excluding carboxylic acids is 2. The summed E-state index contributed by atoms with van der Waals surface area (Å²) in [5.41, 5.74) is 2.74. The number of hydrogen-bond donors (Lipinski definition) is 3. The first kappa shape index (κ1) is 17.7. The molecule has 0 bridgehead atoms. The lowest BCUT2D eigenvalue weighted by molar-refractivity contribution is -0.116. The fraction of sp³-hybridized carbons (Fsp3) is 0.316. The number of aromatic carboxylic acids is 1. The number of aryl methyl sites for hydroxylation is 2. The average Bonchev–Trinajstić information content (AvgIpc) is 3.06. The maximum Gasteiger partial charge on any atom is 0.339 e. The van der Waals surface area contributed by atoms with E-state index in [4.69, 9.17) is 9.52 Å². The number of nitrogens with one attached hydrogen (secondary N) is 2. The number of carbonyl (C=O) groups is 3. The van der Waals surface area contributed by atoms with Gasteiger partial charge in [0.2, 0.25) is 5.91 Å². The highest BCUT2D eigenvalue weighted by Gasteiger charge is 2.22. The molecule has 1 unspecified atom stereocenters.